The van der Waals surface area contributed by atoms with Gasteiger partial charge in [0.1, 0.15) is 0 Å². The third-order valence-corrected chi connectivity index (χ3v) is 1.56. The topological polar surface area (TPSA) is 87.0 Å². The first-order chi connectivity index (χ1) is 5.09. The predicted molar refractivity (Wildman–Crippen MR) is 33.8 cm³/mol. The average molecular weight is 162 g/mol. The zero-order chi connectivity index (χ0) is 8.43. The molecule has 0 aromatic rings. The fraction of sp³-hybridized carbons (Fsp3) is 0.833. The molecule has 0 aromatic heterocycles. The largest absolute Gasteiger partial charge is 0.479 e. The van der Waals surface area contributed by atoms with E-state index in [-0.39, 0.29) is 12.8 Å². The first kappa shape index (κ1) is 8.45. The highest BCUT2D eigenvalue weighted by Gasteiger charge is 2.31. The normalized spacial score (nSPS) is 38.5. The minimum Gasteiger partial charge on any atom is -0.479 e. The van der Waals surface area contributed by atoms with Crippen molar-refractivity contribution in [3.05, 3.63) is 0 Å². The third kappa shape index (κ3) is 2.14. The maximum Gasteiger partial charge on any atom is 0.333 e. The maximum atomic E-state index is 10.3. The molecule has 1 heterocycles. The molecule has 5 heteroatoms. The summed E-state index contributed by atoms with van der Waals surface area (Å²) in [5.74, 6) is -1.15. The summed E-state index contributed by atoms with van der Waals surface area (Å²) in [6, 6.07) is 0. The van der Waals surface area contributed by atoms with Gasteiger partial charge in [-0.1, -0.05) is 0 Å². The van der Waals surface area contributed by atoms with E-state index in [1.165, 1.54) is 0 Å². The number of carbonyl (C=O) groups is 1. The van der Waals surface area contributed by atoms with Gasteiger partial charge in [0.2, 0.25) is 0 Å². The molecule has 11 heavy (non-hydrogen) atoms. The van der Waals surface area contributed by atoms with Gasteiger partial charge in [0.25, 0.3) is 0 Å². The van der Waals surface area contributed by atoms with E-state index in [0.717, 1.165) is 0 Å². The van der Waals surface area contributed by atoms with Crippen molar-refractivity contribution in [3.8, 4) is 0 Å². The van der Waals surface area contributed by atoms with Crippen LogP contribution in [-0.2, 0) is 9.53 Å². The van der Waals surface area contributed by atoms with E-state index in [2.05, 4.69) is 4.74 Å². The summed E-state index contributed by atoms with van der Waals surface area (Å²) in [5.41, 5.74) is 0. The highest BCUT2D eigenvalue weighted by molar-refractivity contribution is 5.72. The second-order valence-electron chi connectivity index (χ2n) is 2.54. The van der Waals surface area contributed by atoms with E-state index >= 15 is 0 Å². The third-order valence-electron chi connectivity index (χ3n) is 1.56. The van der Waals surface area contributed by atoms with E-state index in [1.807, 2.05) is 0 Å². The lowest BCUT2D eigenvalue weighted by Crippen LogP contribution is -2.39. The number of carboxylic acid groups (broad SMARTS) is 1. The van der Waals surface area contributed by atoms with E-state index in [9.17, 15) is 4.79 Å². The molecule has 64 valence electrons. The van der Waals surface area contributed by atoms with Crippen LogP contribution < -0.4 is 0 Å². The van der Waals surface area contributed by atoms with Gasteiger partial charge >= 0.3 is 5.97 Å². The number of ether oxygens (including phenoxy) is 1. The zero-order valence-electron chi connectivity index (χ0n) is 5.80. The highest BCUT2D eigenvalue weighted by atomic mass is 16.6. The number of aliphatic hydroxyl groups excluding tert-OH is 2. The average Bonchev–Trinajstić information content (AvgIpc) is 1.85. The smallest absolute Gasteiger partial charge is 0.333 e. The summed E-state index contributed by atoms with van der Waals surface area (Å²) in [7, 11) is 0. The van der Waals surface area contributed by atoms with Crippen molar-refractivity contribution in [2.45, 2.75) is 31.3 Å². The summed E-state index contributed by atoms with van der Waals surface area (Å²) >= 11 is 0. The van der Waals surface area contributed by atoms with Gasteiger partial charge in [-0.3, -0.25) is 0 Å². The molecule has 3 atom stereocenters. The first-order valence-electron chi connectivity index (χ1n) is 3.34. The van der Waals surface area contributed by atoms with Crippen molar-refractivity contribution in [1.82, 2.24) is 0 Å². The molecule has 1 fully saturated rings. The lowest BCUT2D eigenvalue weighted by atomic mass is 10.1. The quantitative estimate of drug-likeness (QED) is 0.457. The number of aliphatic hydroxyl groups is 2. The van der Waals surface area contributed by atoms with Crippen LogP contribution in [0, 0.1) is 0 Å². The van der Waals surface area contributed by atoms with Gasteiger partial charge in [0.05, 0.1) is 6.10 Å². The van der Waals surface area contributed by atoms with Gasteiger partial charge in [-0.25, -0.2) is 4.79 Å². The van der Waals surface area contributed by atoms with Crippen LogP contribution in [0.4, 0.5) is 0 Å². The Bertz CT molecular complexity index is 147. The molecule has 0 radical (unpaired) electrons. The van der Waals surface area contributed by atoms with Gasteiger partial charge in [-0.15, -0.1) is 0 Å². The summed E-state index contributed by atoms with van der Waals surface area (Å²) in [4.78, 5) is 10.3. The molecule has 0 aromatic carbocycles. The molecule has 1 aliphatic rings. The molecular formula is C6H10O5. The van der Waals surface area contributed by atoms with Crippen LogP contribution >= 0.6 is 0 Å². The first-order valence-corrected chi connectivity index (χ1v) is 3.34. The fourth-order valence-electron chi connectivity index (χ4n) is 1.04. The molecule has 1 saturated heterocycles. The standard InChI is InChI=1S/C6H10O5/c7-3-1-4(6(9)10)11-5(8)2-3/h3-5,7-8H,1-2H2,(H,9,10)/t3?,4?,5-/m1/s1. The Morgan fingerprint density at radius 1 is 1.36 bits per heavy atom. The SMILES string of the molecule is O=C(O)C1CC(O)C[C@H](O)O1. The van der Waals surface area contributed by atoms with Gasteiger partial charge in [-0.2, -0.15) is 0 Å². The maximum absolute atomic E-state index is 10.3. The molecule has 3 N–H and O–H groups in total. The summed E-state index contributed by atoms with van der Waals surface area (Å²) in [5, 5.41) is 26.3. The number of hydrogen-bond donors (Lipinski definition) is 3. The van der Waals surface area contributed by atoms with Crippen molar-refractivity contribution in [2.75, 3.05) is 0 Å². The Morgan fingerprint density at radius 2 is 2.00 bits per heavy atom. The second kappa shape index (κ2) is 3.17. The molecule has 2 unspecified atom stereocenters. The molecule has 1 aliphatic heterocycles. The van der Waals surface area contributed by atoms with Gasteiger partial charge in [0, 0.05) is 12.8 Å². The fourth-order valence-corrected chi connectivity index (χ4v) is 1.04. The minimum absolute atomic E-state index is 0.0480. The minimum atomic E-state index is -1.15. The summed E-state index contributed by atoms with van der Waals surface area (Å²) in [6.07, 6.45) is -2.87. The molecule has 5 nitrogen and oxygen atoms in total. The predicted octanol–water partition coefficient (Wildman–Crippen LogP) is -1.07. The van der Waals surface area contributed by atoms with Crippen LogP contribution in [0.3, 0.4) is 0 Å². The van der Waals surface area contributed by atoms with Gasteiger partial charge < -0.3 is 20.1 Å². The Morgan fingerprint density at radius 3 is 2.45 bits per heavy atom. The van der Waals surface area contributed by atoms with Crippen molar-refractivity contribution in [2.24, 2.45) is 0 Å². The Hall–Kier alpha value is -0.650. The van der Waals surface area contributed by atoms with Crippen molar-refractivity contribution in [3.63, 3.8) is 0 Å². The van der Waals surface area contributed by atoms with Crippen molar-refractivity contribution >= 4 is 5.97 Å². The summed E-state index contributed by atoms with van der Waals surface area (Å²) in [6.45, 7) is 0. The Balaban J connectivity index is 2.49. The monoisotopic (exact) mass is 162 g/mol. The van der Waals surface area contributed by atoms with E-state index in [0.29, 0.717) is 0 Å². The van der Waals surface area contributed by atoms with Crippen LogP contribution in [0.25, 0.3) is 0 Å². The second-order valence-corrected chi connectivity index (χ2v) is 2.54. The molecule has 1 rings (SSSR count). The number of hydrogen-bond acceptors (Lipinski definition) is 4. The zero-order valence-corrected chi connectivity index (χ0v) is 5.80. The van der Waals surface area contributed by atoms with Crippen LogP contribution in [0.15, 0.2) is 0 Å². The lowest BCUT2D eigenvalue weighted by molar-refractivity contribution is -0.203. The van der Waals surface area contributed by atoms with E-state index in [4.69, 9.17) is 15.3 Å². The Kier molecular flexibility index (Phi) is 2.43. The van der Waals surface area contributed by atoms with Crippen molar-refractivity contribution in [1.29, 1.82) is 0 Å². The number of aliphatic carboxylic acids is 1. The van der Waals surface area contributed by atoms with Crippen molar-refractivity contribution < 1.29 is 24.9 Å². The summed E-state index contributed by atoms with van der Waals surface area (Å²) < 4.78 is 4.61. The molecule has 0 amide bonds. The number of rotatable bonds is 1. The molecule has 0 saturated carbocycles. The van der Waals surface area contributed by atoms with Crippen LogP contribution in [0.5, 0.6) is 0 Å². The van der Waals surface area contributed by atoms with Crippen LogP contribution in [0.2, 0.25) is 0 Å². The van der Waals surface area contributed by atoms with E-state index in [1.54, 1.807) is 0 Å². The van der Waals surface area contributed by atoms with Crippen LogP contribution in [0.1, 0.15) is 12.8 Å². The molecule has 0 bridgehead atoms. The lowest BCUT2D eigenvalue weighted by Gasteiger charge is -2.27. The Labute approximate surface area is 63.2 Å². The number of carboxylic acids is 1. The molecule has 0 aliphatic carbocycles. The van der Waals surface area contributed by atoms with Gasteiger partial charge in [-0.05, 0) is 0 Å². The van der Waals surface area contributed by atoms with E-state index < -0.39 is 24.5 Å². The van der Waals surface area contributed by atoms with Crippen LogP contribution in [-0.4, -0.2) is 39.8 Å². The molecular weight excluding hydrogens is 152 g/mol. The van der Waals surface area contributed by atoms with Gasteiger partial charge in [0.15, 0.2) is 12.4 Å². The molecule has 0 spiro atoms. The highest BCUT2D eigenvalue weighted by Crippen LogP contribution is 2.17.